The summed E-state index contributed by atoms with van der Waals surface area (Å²) in [5.41, 5.74) is 1.43. The number of benzene rings is 2. The molecule has 2 aromatic carbocycles. The Kier molecular flexibility index (Phi) is 6.58. The highest BCUT2D eigenvalue weighted by atomic mass is 79.9. The molecule has 0 aliphatic heterocycles. The first kappa shape index (κ1) is 20.6. The van der Waals surface area contributed by atoms with Crippen molar-refractivity contribution >= 4 is 70.5 Å². The smallest absolute Gasteiger partial charge is 0.250 e. The van der Waals surface area contributed by atoms with E-state index in [0.717, 1.165) is 19.2 Å². The van der Waals surface area contributed by atoms with E-state index in [-0.39, 0.29) is 5.91 Å². The minimum Gasteiger partial charge on any atom is -0.497 e. The van der Waals surface area contributed by atoms with Gasteiger partial charge in [0.25, 0.3) is 0 Å². The predicted octanol–water partition coefficient (Wildman–Crippen LogP) is 5.50. The molecule has 28 heavy (non-hydrogen) atoms. The van der Waals surface area contributed by atoms with Gasteiger partial charge in [-0.25, -0.2) is 4.98 Å². The Morgan fingerprint density at radius 2 is 1.89 bits per heavy atom. The molecule has 0 fully saturated rings. The fourth-order valence-corrected chi connectivity index (χ4v) is 4.87. The lowest BCUT2D eigenvalue weighted by atomic mass is 10.2. The molecule has 1 amide bonds. The maximum absolute atomic E-state index is 12.4. The van der Waals surface area contributed by atoms with Crippen LogP contribution in [0.15, 0.2) is 39.3 Å². The van der Waals surface area contributed by atoms with Crippen molar-refractivity contribution in [1.82, 2.24) is 4.98 Å². The van der Waals surface area contributed by atoms with Gasteiger partial charge in [0.05, 0.1) is 30.5 Å². The van der Waals surface area contributed by atoms with Crippen molar-refractivity contribution in [3.05, 3.63) is 44.9 Å². The van der Waals surface area contributed by atoms with Gasteiger partial charge in [-0.2, -0.15) is 0 Å². The van der Waals surface area contributed by atoms with Crippen LogP contribution < -0.4 is 19.5 Å². The van der Waals surface area contributed by atoms with Crippen molar-refractivity contribution in [2.45, 2.75) is 0 Å². The van der Waals surface area contributed by atoms with Crippen LogP contribution >= 0.6 is 43.2 Å². The van der Waals surface area contributed by atoms with Gasteiger partial charge in [0.2, 0.25) is 5.91 Å². The number of thiazole rings is 1. The predicted molar refractivity (Wildman–Crippen MR) is 119 cm³/mol. The van der Waals surface area contributed by atoms with E-state index in [1.54, 1.807) is 33.5 Å². The number of ether oxygens (including phenoxy) is 3. The molecule has 1 N–H and O–H groups in total. The zero-order valence-corrected chi connectivity index (χ0v) is 19.2. The third-order valence-corrected chi connectivity index (χ3v) is 5.74. The van der Waals surface area contributed by atoms with E-state index in [0.29, 0.717) is 27.9 Å². The zero-order chi connectivity index (χ0) is 20.3. The Morgan fingerprint density at radius 1 is 1.11 bits per heavy atom. The molecule has 0 bridgehead atoms. The van der Waals surface area contributed by atoms with Crippen LogP contribution in [-0.2, 0) is 4.79 Å². The van der Waals surface area contributed by atoms with Crippen LogP contribution in [0.2, 0.25) is 0 Å². The summed E-state index contributed by atoms with van der Waals surface area (Å²) in [6, 6.07) is 7.34. The highest BCUT2D eigenvalue weighted by Crippen LogP contribution is 2.36. The van der Waals surface area contributed by atoms with Gasteiger partial charge in [-0.05, 0) is 40.2 Å². The van der Waals surface area contributed by atoms with Gasteiger partial charge in [-0.3, -0.25) is 10.1 Å². The van der Waals surface area contributed by atoms with Crippen LogP contribution in [0.5, 0.6) is 17.2 Å². The molecule has 0 saturated heterocycles. The second-order valence-corrected chi connectivity index (χ2v) is 8.33. The lowest BCUT2D eigenvalue weighted by Gasteiger charge is -2.08. The molecule has 0 spiro atoms. The highest BCUT2D eigenvalue weighted by molar-refractivity contribution is 9.11. The Bertz CT molecular complexity index is 1070. The van der Waals surface area contributed by atoms with E-state index in [1.807, 2.05) is 18.2 Å². The molecule has 9 heteroatoms. The molecule has 0 atom stereocenters. The van der Waals surface area contributed by atoms with E-state index < -0.39 is 0 Å². The summed E-state index contributed by atoms with van der Waals surface area (Å²) >= 11 is 8.22. The molecule has 146 valence electrons. The third kappa shape index (κ3) is 4.48. The zero-order valence-electron chi connectivity index (χ0n) is 15.2. The Hall–Kier alpha value is -2.10. The molecule has 0 unspecified atom stereocenters. The molecule has 3 rings (SSSR count). The number of nitrogens with one attached hydrogen (secondary N) is 1. The summed E-state index contributed by atoms with van der Waals surface area (Å²) in [6.07, 6.45) is 3.11. The molecule has 1 aromatic heterocycles. The lowest BCUT2D eigenvalue weighted by Crippen LogP contribution is -2.07. The van der Waals surface area contributed by atoms with Crippen LogP contribution in [0.4, 0.5) is 5.13 Å². The molecule has 6 nitrogen and oxygen atoms in total. The average Bonchev–Trinajstić information content (AvgIpc) is 3.07. The minimum absolute atomic E-state index is 0.303. The van der Waals surface area contributed by atoms with Crippen LogP contribution in [0.3, 0.4) is 0 Å². The van der Waals surface area contributed by atoms with Gasteiger partial charge >= 0.3 is 0 Å². The number of carbonyl (C=O) groups is 1. The number of halogens is 2. The quantitative estimate of drug-likeness (QED) is 0.429. The van der Waals surface area contributed by atoms with Crippen LogP contribution in [-0.4, -0.2) is 32.2 Å². The minimum atomic E-state index is -0.303. The van der Waals surface area contributed by atoms with E-state index >= 15 is 0 Å². The summed E-state index contributed by atoms with van der Waals surface area (Å²) in [6.45, 7) is 0. The largest absolute Gasteiger partial charge is 0.497 e. The second kappa shape index (κ2) is 8.93. The monoisotopic (exact) mass is 526 g/mol. The Balaban J connectivity index is 1.83. The highest BCUT2D eigenvalue weighted by Gasteiger charge is 2.13. The van der Waals surface area contributed by atoms with E-state index in [1.165, 1.54) is 17.4 Å². The average molecular weight is 528 g/mol. The normalized spacial score (nSPS) is 11.0. The number of methoxy groups -OCH3 is 3. The summed E-state index contributed by atoms with van der Waals surface area (Å²) in [4.78, 5) is 16.8. The van der Waals surface area contributed by atoms with Gasteiger partial charge in [0.15, 0.2) is 5.13 Å². The van der Waals surface area contributed by atoms with Gasteiger partial charge in [-0.15, -0.1) is 0 Å². The topological polar surface area (TPSA) is 69.7 Å². The molecule has 0 aliphatic rings. The number of hydrogen-bond donors (Lipinski definition) is 1. The van der Waals surface area contributed by atoms with Crippen molar-refractivity contribution in [2.75, 3.05) is 26.6 Å². The Labute approximate surface area is 182 Å². The van der Waals surface area contributed by atoms with Crippen molar-refractivity contribution < 1.29 is 19.0 Å². The first-order chi connectivity index (χ1) is 13.4. The molecule has 0 saturated carbocycles. The van der Waals surface area contributed by atoms with Crippen molar-refractivity contribution in [1.29, 1.82) is 0 Å². The van der Waals surface area contributed by atoms with Crippen molar-refractivity contribution in [3.8, 4) is 17.2 Å². The Morgan fingerprint density at radius 3 is 2.57 bits per heavy atom. The summed E-state index contributed by atoms with van der Waals surface area (Å²) in [7, 11) is 4.73. The standard InChI is InChI=1S/C19H16Br2N2O4S/c1-25-12-8-14(26-2)17-15(9-12)28-19(23-17)22-16(24)5-4-10-6-11(20)7-13(21)18(10)27-3/h4-9H,1-3H3,(H,22,23,24). The summed E-state index contributed by atoms with van der Waals surface area (Å²) < 4.78 is 18.5. The molecule has 0 radical (unpaired) electrons. The fraction of sp³-hybridized carbons (Fsp3) is 0.158. The second-order valence-electron chi connectivity index (χ2n) is 5.53. The molecular formula is C19H16Br2N2O4S. The van der Waals surface area contributed by atoms with Gasteiger partial charge < -0.3 is 14.2 Å². The summed E-state index contributed by atoms with van der Waals surface area (Å²) in [5, 5.41) is 3.25. The van der Waals surface area contributed by atoms with Crippen LogP contribution in [0.1, 0.15) is 5.56 Å². The van der Waals surface area contributed by atoms with Crippen molar-refractivity contribution in [2.24, 2.45) is 0 Å². The third-order valence-electron chi connectivity index (χ3n) is 3.77. The number of anilines is 1. The summed E-state index contributed by atoms with van der Waals surface area (Å²) in [5.74, 6) is 1.59. The number of carbonyl (C=O) groups excluding carboxylic acids is 1. The van der Waals surface area contributed by atoms with Crippen molar-refractivity contribution in [3.63, 3.8) is 0 Å². The van der Waals surface area contributed by atoms with Gasteiger partial charge in [0.1, 0.15) is 22.8 Å². The number of aromatic nitrogens is 1. The number of amides is 1. The first-order valence-corrected chi connectivity index (χ1v) is 10.4. The number of rotatable bonds is 6. The van der Waals surface area contributed by atoms with Crippen LogP contribution in [0, 0.1) is 0 Å². The molecule has 0 aliphatic carbocycles. The van der Waals surface area contributed by atoms with E-state index in [4.69, 9.17) is 14.2 Å². The maximum atomic E-state index is 12.4. The van der Waals surface area contributed by atoms with Gasteiger partial charge in [0, 0.05) is 22.2 Å². The van der Waals surface area contributed by atoms with Gasteiger partial charge in [-0.1, -0.05) is 27.3 Å². The number of fused-ring (bicyclic) bond motifs is 1. The molecule has 1 heterocycles. The maximum Gasteiger partial charge on any atom is 0.250 e. The fourth-order valence-electron chi connectivity index (χ4n) is 2.53. The lowest BCUT2D eigenvalue weighted by molar-refractivity contribution is -0.111. The number of nitrogens with zero attached hydrogens (tertiary/aromatic N) is 1. The number of hydrogen-bond acceptors (Lipinski definition) is 6. The van der Waals surface area contributed by atoms with E-state index in [9.17, 15) is 4.79 Å². The first-order valence-electron chi connectivity index (χ1n) is 7.99. The SMILES string of the molecule is COc1cc(OC)c2nc(NC(=O)C=Cc3cc(Br)cc(Br)c3OC)sc2c1. The molecule has 3 aromatic rings. The molecular weight excluding hydrogens is 512 g/mol. The van der Waals surface area contributed by atoms with E-state index in [2.05, 4.69) is 42.2 Å². The van der Waals surface area contributed by atoms with Crippen LogP contribution in [0.25, 0.3) is 16.3 Å².